The monoisotopic (exact) mass is 374 g/mol. The zero-order valence-electron chi connectivity index (χ0n) is 13.6. The van der Waals surface area contributed by atoms with Crippen molar-refractivity contribution in [2.45, 2.75) is 18.4 Å². The molecule has 0 fully saturated rings. The number of nitro groups is 1. The molecule has 0 unspecified atom stereocenters. The van der Waals surface area contributed by atoms with E-state index in [1.54, 1.807) is 0 Å². The van der Waals surface area contributed by atoms with Crippen LogP contribution in [0.5, 0.6) is 0 Å². The zero-order chi connectivity index (χ0) is 18.7. The molecule has 1 N–H and O–H groups in total. The van der Waals surface area contributed by atoms with E-state index in [-0.39, 0.29) is 23.0 Å². The summed E-state index contributed by atoms with van der Waals surface area (Å²) >= 11 is 0. The first-order valence-corrected chi connectivity index (χ1v) is 8.97. The van der Waals surface area contributed by atoms with Gasteiger partial charge in [-0.2, -0.15) is 4.98 Å². The fourth-order valence-corrected chi connectivity index (χ4v) is 3.16. The van der Waals surface area contributed by atoms with E-state index in [9.17, 15) is 18.5 Å². The minimum absolute atomic E-state index is 0.0783. The highest BCUT2D eigenvalue weighted by molar-refractivity contribution is 7.89. The summed E-state index contributed by atoms with van der Waals surface area (Å²) in [6.45, 7) is 1.72. The fourth-order valence-electron chi connectivity index (χ4n) is 2.15. The summed E-state index contributed by atoms with van der Waals surface area (Å²) in [6.07, 6.45) is 0. The van der Waals surface area contributed by atoms with Gasteiger partial charge in [0.1, 0.15) is 0 Å². The van der Waals surface area contributed by atoms with E-state index in [1.807, 2.05) is 31.2 Å². The number of non-ortho nitro benzene ring substituents is 1. The van der Waals surface area contributed by atoms with Crippen LogP contribution >= 0.6 is 0 Å². The van der Waals surface area contributed by atoms with Crippen LogP contribution in [-0.4, -0.2) is 23.5 Å². The Morgan fingerprint density at radius 3 is 2.62 bits per heavy atom. The lowest BCUT2D eigenvalue weighted by Gasteiger charge is -2.04. The highest BCUT2D eigenvalue weighted by Crippen LogP contribution is 2.18. The number of aryl methyl sites for hydroxylation is 1. The first-order valence-electron chi connectivity index (χ1n) is 7.49. The van der Waals surface area contributed by atoms with Gasteiger partial charge in [-0.15, -0.1) is 0 Å². The van der Waals surface area contributed by atoms with E-state index in [2.05, 4.69) is 14.9 Å². The molecule has 0 aliphatic rings. The second-order valence-electron chi connectivity index (χ2n) is 5.46. The quantitative estimate of drug-likeness (QED) is 0.518. The lowest BCUT2D eigenvalue weighted by atomic mass is 10.1. The summed E-state index contributed by atoms with van der Waals surface area (Å²) < 4.78 is 31.9. The number of nitrogens with one attached hydrogen (secondary N) is 1. The molecule has 9 nitrogen and oxygen atoms in total. The maximum absolute atomic E-state index is 12.3. The van der Waals surface area contributed by atoms with E-state index in [4.69, 9.17) is 4.52 Å². The molecule has 10 heteroatoms. The number of nitrogens with zero attached hydrogens (tertiary/aromatic N) is 3. The second-order valence-corrected chi connectivity index (χ2v) is 7.22. The SMILES string of the molecule is Cc1ccc(-c2noc(CNS(=O)(=O)c3cccc([N+](=O)[O-])c3)n2)cc1. The van der Waals surface area contributed by atoms with Crippen molar-refractivity contribution in [2.24, 2.45) is 0 Å². The number of hydrogen-bond donors (Lipinski definition) is 1. The zero-order valence-corrected chi connectivity index (χ0v) is 14.4. The van der Waals surface area contributed by atoms with Crippen LogP contribution in [0.2, 0.25) is 0 Å². The predicted octanol–water partition coefficient (Wildman–Crippen LogP) is 2.43. The van der Waals surface area contributed by atoms with Crippen LogP contribution in [0, 0.1) is 17.0 Å². The van der Waals surface area contributed by atoms with Gasteiger partial charge in [0.25, 0.3) is 5.69 Å². The van der Waals surface area contributed by atoms with Crippen LogP contribution in [0.3, 0.4) is 0 Å². The number of hydrogen-bond acceptors (Lipinski definition) is 7. The van der Waals surface area contributed by atoms with Gasteiger partial charge in [-0.05, 0) is 13.0 Å². The highest BCUT2D eigenvalue weighted by atomic mass is 32.2. The number of benzene rings is 2. The van der Waals surface area contributed by atoms with Crippen LogP contribution in [-0.2, 0) is 16.6 Å². The number of rotatable bonds is 6. The molecule has 3 rings (SSSR count). The normalized spacial score (nSPS) is 11.4. The summed E-state index contributed by atoms with van der Waals surface area (Å²) in [5, 5.41) is 14.6. The molecule has 26 heavy (non-hydrogen) atoms. The molecular formula is C16H14N4O5S. The Morgan fingerprint density at radius 1 is 1.19 bits per heavy atom. The minimum atomic E-state index is -3.96. The topological polar surface area (TPSA) is 128 Å². The molecule has 0 amide bonds. The van der Waals surface area contributed by atoms with Crippen molar-refractivity contribution in [3.05, 3.63) is 70.1 Å². The van der Waals surface area contributed by atoms with Gasteiger partial charge in [-0.25, -0.2) is 13.1 Å². The maximum Gasteiger partial charge on any atom is 0.270 e. The lowest BCUT2D eigenvalue weighted by molar-refractivity contribution is -0.385. The molecule has 134 valence electrons. The molecule has 1 heterocycles. The predicted molar refractivity (Wildman–Crippen MR) is 91.6 cm³/mol. The third-order valence-electron chi connectivity index (χ3n) is 3.53. The standard InChI is InChI=1S/C16H14N4O5S/c1-11-5-7-12(8-6-11)16-18-15(25-19-16)10-17-26(23,24)14-4-2-3-13(9-14)20(21)22/h2-9,17H,10H2,1H3. The Hall–Kier alpha value is -3.11. The molecule has 3 aromatic rings. The molecule has 0 radical (unpaired) electrons. The van der Waals surface area contributed by atoms with E-state index >= 15 is 0 Å². The van der Waals surface area contributed by atoms with E-state index in [1.165, 1.54) is 18.2 Å². The second kappa shape index (κ2) is 7.02. The van der Waals surface area contributed by atoms with Crippen molar-refractivity contribution >= 4 is 15.7 Å². The molecule has 0 saturated carbocycles. The average molecular weight is 374 g/mol. The summed E-state index contributed by atoms with van der Waals surface area (Å²) in [4.78, 5) is 14.0. The Morgan fingerprint density at radius 2 is 1.92 bits per heavy atom. The summed E-state index contributed by atoms with van der Waals surface area (Å²) in [7, 11) is -3.96. The molecule has 0 bridgehead atoms. The van der Waals surface area contributed by atoms with Crippen molar-refractivity contribution in [3.63, 3.8) is 0 Å². The minimum Gasteiger partial charge on any atom is -0.338 e. The van der Waals surface area contributed by atoms with Crippen molar-refractivity contribution in [3.8, 4) is 11.4 Å². The molecule has 0 aliphatic carbocycles. The molecule has 2 aromatic carbocycles. The van der Waals surface area contributed by atoms with Gasteiger partial charge in [0.2, 0.25) is 21.7 Å². The molecule has 0 atom stereocenters. The van der Waals surface area contributed by atoms with Crippen LogP contribution < -0.4 is 4.72 Å². The smallest absolute Gasteiger partial charge is 0.270 e. The number of aromatic nitrogens is 2. The molecule has 0 aliphatic heterocycles. The largest absolute Gasteiger partial charge is 0.338 e. The van der Waals surface area contributed by atoms with Crippen LogP contribution in [0.1, 0.15) is 11.5 Å². The maximum atomic E-state index is 12.3. The third kappa shape index (κ3) is 3.92. The van der Waals surface area contributed by atoms with Gasteiger partial charge in [0.05, 0.1) is 16.4 Å². The summed E-state index contributed by atoms with van der Waals surface area (Å²) in [5.74, 6) is 0.420. The highest BCUT2D eigenvalue weighted by Gasteiger charge is 2.19. The van der Waals surface area contributed by atoms with Gasteiger partial charge in [0, 0.05) is 17.7 Å². The Balaban J connectivity index is 1.73. The summed E-state index contributed by atoms with van der Waals surface area (Å²) in [5.41, 5.74) is 1.52. The Kier molecular flexibility index (Phi) is 4.78. The van der Waals surface area contributed by atoms with E-state index in [0.29, 0.717) is 5.82 Å². The van der Waals surface area contributed by atoms with Gasteiger partial charge < -0.3 is 4.52 Å². The Labute approximate surface area is 148 Å². The van der Waals surface area contributed by atoms with Gasteiger partial charge in [-0.1, -0.05) is 41.1 Å². The van der Waals surface area contributed by atoms with Gasteiger partial charge >= 0.3 is 0 Å². The van der Waals surface area contributed by atoms with Crippen LogP contribution in [0.25, 0.3) is 11.4 Å². The molecular weight excluding hydrogens is 360 g/mol. The van der Waals surface area contributed by atoms with E-state index in [0.717, 1.165) is 17.2 Å². The van der Waals surface area contributed by atoms with Crippen molar-refractivity contribution in [2.75, 3.05) is 0 Å². The van der Waals surface area contributed by atoms with E-state index < -0.39 is 14.9 Å². The molecule has 0 saturated heterocycles. The third-order valence-corrected chi connectivity index (χ3v) is 4.93. The number of sulfonamides is 1. The summed E-state index contributed by atoms with van der Waals surface area (Å²) in [6, 6.07) is 12.2. The van der Waals surface area contributed by atoms with Gasteiger partial charge in [0.15, 0.2) is 0 Å². The first kappa shape index (κ1) is 17.7. The van der Waals surface area contributed by atoms with Gasteiger partial charge in [-0.3, -0.25) is 10.1 Å². The molecule has 0 spiro atoms. The van der Waals surface area contributed by atoms with Crippen LogP contribution in [0.4, 0.5) is 5.69 Å². The Bertz CT molecular complexity index is 1040. The van der Waals surface area contributed by atoms with Crippen molar-refractivity contribution < 1.29 is 17.9 Å². The lowest BCUT2D eigenvalue weighted by Crippen LogP contribution is -2.23. The fraction of sp³-hybridized carbons (Fsp3) is 0.125. The first-order chi connectivity index (χ1) is 12.3. The van der Waals surface area contributed by atoms with Crippen molar-refractivity contribution in [1.82, 2.24) is 14.9 Å². The average Bonchev–Trinajstić information content (AvgIpc) is 3.10. The number of nitro benzene ring substituents is 1. The van der Waals surface area contributed by atoms with Crippen LogP contribution in [0.15, 0.2) is 57.9 Å². The molecule has 1 aromatic heterocycles. The van der Waals surface area contributed by atoms with Crippen molar-refractivity contribution in [1.29, 1.82) is 0 Å².